The van der Waals surface area contributed by atoms with E-state index in [2.05, 4.69) is 18.2 Å². The zero-order valence-corrected chi connectivity index (χ0v) is 14.8. The molecule has 4 unspecified atom stereocenters. The summed E-state index contributed by atoms with van der Waals surface area (Å²) >= 11 is 0. The molecule has 3 saturated carbocycles. The van der Waals surface area contributed by atoms with E-state index in [1.54, 1.807) is 0 Å². The Balaban J connectivity index is 1.66. The quantitative estimate of drug-likeness (QED) is 0.533. The standard InChI is InChI=1S/C20H31NO3/c1-3-18(23)21-10-4-5-16-14(2)8-9-19-11-15(6-7-17(16)19)20(24,12-19)13-22/h1,14-17,22,24H,4-13H2,2H3,(H,21,23)/t14?,15-,16?,17?,19+,20?/m1/s1. The maximum absolute atomic E-state index is 11.2. The van der Waals surface area contributed by atoms with Gasteiger partial charge in [0.25, 0.3) is 5.91 Å². The number of aliphatic hydroxyl groups is 2. The van der Waals surface area contributed by atoms with E-state index in [0.717, 1.165) is 32.1 Å². The average Bonchev–Trinajstić information content (AvgIpc) is 2.81. The van der Waals surface area contributed by atoms with Crippen molar-refractivity contribution in [1.29, 1.82) is 0 Å². The lowest BCUT2D eigenvalue weighted by Gasteiger charge is -2.51. The number of hydrogen-bond acceptors (Lipinski definition) is 3. The molecule has 0 aliphatic heterocycles. The average molecular weight is 333 g/mol. The molecule has 3 aliphatic carbocycles. The van der Waals surface area contributed by atoms with Crippen molar-refractivity contribution in [2.24, 2.45) is 29.1 Å². The van der Waals surface area contributed by atoms with Crippen molar-refractivity contribution in [3.05, 3.63) is 0 Å². The number of terminal acetylenes is 1. The molecule has 0 aromatic carbocycles. The number of rotatable bonds is 5. The van der Waals surface area contributed by atoms with Crippen molar-refractivity contribution in [1.82, 2.24) is 5.32 Å². The summed E-state index contributed by atoms with van der Waals surface area (Å²) in [5, 5.41) is 23.3. The number of carbonyl (C=O) groups is 1. The smallest absolute Gasteiger partial charge is 0.295 e. The van der Waals surface area contributed by atoms with Crippen molar-refractivity contribution in [2.45, 2.75) is 63.9 Å². The van der Waals surface area contributed by atoms with E-state index in [1.807, 2.05) is 0 Å². The predicted molar refractivity (Wildman–Crippen MR) is 92.9 cm³/mol. The van der Waals surface area contributed by atoms with E-state index >= 15 is 0 Å². The van der Waals surface area contributed by atoms with Crippen LogP contribution in [0.15, 0.2) is 0 Å². The molecule has 0 radical (unpaired) electrons. The van der Waals surface area contributed by atoms with Gasteiger partial charge < -0.3 is 15.5 Å². The Bertz CT molecular complexity index is 527. The van der Waals surface area contributed by atoms with Crippen LogP contribution in [0.5, 0.6) is 0 Å². The summed E-state index contributed by atoms with van der Waals surface area (Å²) < 4.78 is 0. The van der Waals surface area contributed by atoms with Gasteiger partial charge in [0, 0.05) is 6.54 Å². The van der Waals surface area contributed by atoms with Crippen LogP contribution in [-0.4, -0.2) is 34.9 Å². The lowest BCUT2D eigenvalue weighted by atomic mass is 9.53. The van der Waals surface area contributed by atoms with E-state index in [-0.39, 0.29) is 23.8 Å². The molecule has 3 N–H and O–H groups in total. The molecular weight excluding hydrogens is 302 g/mol. The molecule has 0 heterocycles. The van der Waals surface area contributed by atoms with Gasteiger partial charge in [0.15, 0.2) is 0 Å². The second-order valence-corrected chi connectivity index (χ2v) is 8.61. The van der Waals surface area contributed by atoms with Crippen molar-refractivity contribution < 1.29 is 15.0 Å². The highest BCUT2D eigenvalue weighted by molar-refractivity contribution is 5.92. The summed E-state index contributed by atoms with van der Waals surface area (Å²) in [6, 6.07) is 0. The van der Waals surface area contributed by atoms with Crippen molar-refractivity contribution in [3.8, 4) is 12.3 Å². The number of carbonyl (C=O) groups excluding carboxylic acids is 1. The van der Waals surface area contributed by atoms with E-state index < -0.39 is 5.60 Å². The Labute approximate surface area is 145 Å². The van der Waals surface area contributed by atoms with Gasteiger partial charge in [0.05, 0.1) is 12.2 Å². The highest BCUT2D eigenvalue weighted by Crippen LogP contribution is 2.66. The van der Waals surface area contributed by atoms with Gasteiger partial charge in [-0.25, -0.2) is 0 Å². The highest BCUT2D eigenvalue weighted by atomic mass is 16.3. The van der Waals surface area contributed by atoms with E-state index in [0.29, 0.717) is 24.3 Å². The van der Waals surface area contributed by atoms with Crippen LogP contribution in [-0.2, 0) is 4.79 Å². The zero-order valence-electron chi connectivity index (χ0n) is 14.8. The fraction of sp³-hybridized carbons (Fsp3) is 0.850. The van der Waals surface area contributed by atoms with E-state index in [4.69, 9.17) is 6.42 Å². The van der Waals surface area contributed by atoms with E-state index in [1.165, 1.54) is 19.3 Å². The molecule has 3 aliphatic rings. The molecule has 0 saturated heterocycles. The van der Waals surface area contributed by atoms with Gasteiger partial charge >= 0.3 is 0 Å². The van der Waals surface area contributed by atoms with Crippen LogP contribution >= 0.6 is 0 Å². The Hall–Kier alpha value is -1.05. The minimum Gasteiger partial charge on any atom is -0.393 e. The Morgan fingerprint density at radius 2 is 2.17 bits per heavy atom. The van der Waals surface area contributed by atoms with Crippen LogP contribution in [0.4, 0.5) is 0 Å². The van der Waals surface area contributed by atoms with Gasteiger partial charge in [-0.3, -0.25) is 4.79 Å². The third kappa shape index (κ3) is 2.97. The van der Waals surface area contributed by atoms with Gasteiger partial charge in [-0.2, -0.15) is 0 Å². The van der Waals surface area contributed by atoms with Crippen LogP contribution < -0.4 is 5.32 Å². The molecular formula is C20H31NO3. The molecule has 4 heteroatoms. The van der Waals surface area contributed by atoms with Crippen molar-refractivity contribution >= 4 is 5.91 Å². The van der Waals surface area contributed by atoms with Gasteiger partial charge in [-0.05, 0) is 86.4 Å². The molecule has 4 nitrogen and oxygen atoms in total. The summed E-state index contributed by atoms with van der Waals surface area (Å²) in [4.78, 5) is 11.2. The molecule has 0 aromatic rings. The number of fused-ring (bicyclic) bond motifs is 1. The third-order valence-corrected chi connectivity index (χ3v) is 7.43. The van der Waals surface area contributed by atoms with Crippen LogP contribution in [0.1, 0.15) is 58.3 Å². The minimum absolute atomic E-state index is 0.0928. The molecule has 1 amide bonds. The first-order valence-electron chi connectivity index (χ1n) is 9.52. The maximum Gasteiger partial charge on any atom is 0.295 e. The first-order chi connectivity index (χ1) is 11.4. The molecule has 0 aromatic heterocycles. The molecule has 24 heavy (non-hydrogen) atoms. The second-order valence-electron chi connectivity index (χ2n) is 8.61. The molecule has 2 bridgehead atoms. The first kappa shape index (κ1) is 17.8. The number of nitrogens with one attached hydrogen (secondary N) is 1. The third-order valence-electron chi connectivity index (χ3n) is 7.43. The summed E-state index contributed by atoms with van der Waals surface area (Å²) in [5.41, 5.74) is -0.611. The highest BCUT2D eigenvalue weighted by Gasteiger charge is 2.61. The molecule has 3 rings (SSSR count). The first-order valence-corrected chi connectivity index (χ1v) is 9.52. The topological polar surface area (TPSA) is 69.6 Å². The number of amides is 1. The fourth-order valence-corrected chi connectivity index (χ4v) is 6.28. The number of hydrogen-bond donors (Lipinski definition) is 3. The van der Waals surface area contributed by atoms with Gasteiger partial charge in [0.2, 0.25) is 0 Å². The summed E-state index contributed by atoms with van der Waals surface area (Å²) in [6.45, 7) is 2.91. The van der Waals surface area contributed by atoms with Crippen LogP contribution in [0.3, 0.4) is 0 Å². The van der Waals surface area contributed by atoms with Gasteiger partial charge in [-0.1, -0.05) is 6.92 Å². The van der Waals surface area contributed by atoms with Crippen molar-refractivity contribution in [3.63, 3.8) is 0 Å². The maximum atomic E-state index is 11.2. The summed E-state index contributed by atoms with van der Waals surface area (Å²) in [6.07, 6.45) is 13.7. The van der Waals surface area contributed by atoms with Crippen molar-refractivity contribution in [2.75, 3.05) is 13.2 Å². The predicted octanol–water partition coefficient (Wildman–Crippen LogP) is 2.09. The lowest BCUT2D eigenvalue weighted by molar-refractivity contribution is -0.115. The second kappa shape index (κ2) is 6.69. The summed E-state index contributed by atoms with van der Waals surface area (Å²) in [7, 11) is 0. The van der Waals surface area contributed by atoms with Crippen LogP contribution in [0.25, 0.3) is 0 Å². The molecule has 3 fully saturated rings. The Morgan fingerprint density at radius 1 is 1.38 bits per heavy atom. The number of aliphatic hydroxyl groups excluding tert-OH is 1. The van der Waals surface area contributed by atoms with Gasteiger partial charge in [-0.15, -0.1) is 6.42 Å². The SMILES string of the molecule is C#CC(=O)NCCCC1C(C)CC[C@@]23C[C@@H](CCC12)C(O)(CO)C3. The Kier molecular flexibility index (Phi) is 4.95. The molecule has 6 atom stereocenters. The normalized spacial score (nSPS) is 43.8. The minimum atomic E-state index is -0.847. The largest absolute Gasteiger partial charge is 0.393 e. The zero-order chi connectivity index (χ0) is 17.4. The van der Waals surface area contributed by atoms with Crippen LogP contribution in [0, 0.1) is 41.4 Å². The van der Waals surface area contributed by atoms with E-state index in [9.17, 15) is 15.0 Å². The van der Waals surface area contributed by atoms with Crippen LogP contribution in [0.2, 0.25) is 0 Å². The Morgan fingerprint density at radius 3 is 2.88 bits per heavy atom. The van der Waals surface area contributed by atoms with Gasteiger partial charge in [0.1, 0.15) is 0 Å². The summed E-state index contributed by atoms with van der Waals surface area (Å²) in [5.74, 6) is 4.05. The monoisotopic (exact) mass is 333 g/mol. The lowest BCUT2D eigenvalue weighted by Crippen LogP contribution is -2.43. The molecule has 134 valence electrons. The fourth-order valence-electron chi connectivity index (χ4n) is 6.28. The molecule has 1 spiro atoms.